The van der Waals surface area contributed by atoms with Gasteiger partial charge >= 0.3 is 0 Å². The van der Waals surface area contributed by atoms with E-state index in [-0.39, 0.29) is 36.2 Å². The summed E-state index contributed by atoms with van der Waals surface area (Å²) in [5.74, 6) is -0.178. The lowest BCUT2D eigenvalue weighted by Crippen LogP contribution is -2.49. The van der Waals surface area contributed by atoms with Crippen molar-refractivity contribution in [2.75, 3.05) is 36.4 Å². The minimum Gasteiger partial charge on any atom is -0.366 e. The van der Waals surface area contributed by atoms with Gasteiger partial charge in [0.1, 0.15) is 0 Å². The second-order valence-electron chi connectivity index (χ2n) is 11.1. The molecule has 214 valence electrons. The third-order valence-electron chi connectivity index (χ3n) is 8.02. The number of nitrogens with one attached hydrogen (secondary N) is 2. The van der Waals surface area contributed by atoms with Gasteiger partial charge in [-0.25, -0.2) is 0 Å². The number of nitrogens with zero attached hydrogens (tertiary/aromatic N) is 2. The Morgan fingerprint density at radius 1 is 0.756 bits per heavy atom. The van der Waals surface area contributed by atoms with Crippen LogP contribution in [-0.4, -0.2) is 60.9 Å². The Bertz CT molecular complexity index is 1330. The topological polar surface area (TPSA) is 108 Å². The molecule has 8 nitrogen and oxygen atoms in total. The number of anilines is 2. The molecule has 3 aromatic rings. The third-order valence-corrected chi connectivity index (χ3v) is 8.02. The number of hydrogen-bond acceptors (Lipinski definition) is 5. The number of benzene rings is 3. The molecule has 0 bridgehead atoms. The highest BCUT2D eigenvalue weighted by Gasteiger charge is 2.25. The summed E-state index contributed by atoms with van der Waals surface area (Å²) in [6.07, 6.45) is 4.19. The zero-order valence-corrected chi connectivity index (χ0v) is 23.4. The minimum absolute atomic E-state index is 0.111. The van der Waals surface area contributed by atoms with E-state index in [4.69, 9.17) is 5.73 Å². The maximum Gasteiger partial charge on any atom is 0.251 e. The van der Waals surface area contributed by atoms with Crippen LogP contribution in [0.15, 0.2) is 78.9 Å². The van der Waals surface area contributed by atoms with Gasteiger partial charge in [0, 0.05) is 43.8 Å². The van der Waals surface area contributed by atoms with Gasteiger partial charge in [-0.1, -0.05) is 60.7 Å². The van der Waals surface area contributed by atoms with E-state index in [1.807, 2.05) is 77.7 Å². The number of nitrogens with two attached hydrogens (primary N) is 1. The first kappa shape index (κ1) is 28.4. The van der Waals surface area contributed by atoms with Crippen LogP contribution in [0.25, 0.3) is 0 Å². The Morgan fingerprint density at radius 3 is 2.00 bits per heavy atom. The van der Waals surface area contributed by atoms with Gasteiger partial charge in [0.2, 0.25) is 11.8 Å². The highest BCUT2D eigenvalue weighted by atomic mass is 16.2. The normalized spacial score (nSPS) is 19.0. The molecule has 1 aliphatic heterocycles. The predicted molar refractivity (Wildman–Crippen MR) is 162 cm³/mol. The number of piperazine rings is 1. The van der Waals surface area contributed by atoms with E-state index in [1.165, 1.54) is 0 Å². The molecule has 2 fully saturated rings. The maximum absolute atomic E-state index is 13.2. The first-order valence-electron chi connectivity index (χ1n) is 14.6. The van der Waals surface area contributed by atoms with E-state index in [2.05, 4.69) is 15.5 Å². The molecule has 0 spiro atoms. The lowest BCUT2D eigenvalue weighted by Gasteiger charge is -2.37. The predicted octanol–water partition coefficient (Wildman–Crippen LogP) is 3.76. The van der Waals surface area contributed by atoms with Gasteiger partial charge < -0.3 is 26.2 Å². The molecule has 0 aromatic heterocycles. The standard InChI is InChI=1S/C33H39N5O3/c34-27-12-14-28(15-13-27)35-33(41)26-11-16-30(29(23-26)36-31(39)21-24-7-3-1-4-8-24)37-17-19-38(20-18-37)32(40)22-25-9-5-2-6-10-25/h1-11,16,23,27-28H,12-15,17-22,34H2,(H,35,41)(H,36,39). The monoisotopic (exact) mass is 553 g/mol. The van der Waals surface area contributed by atoms with Gasteiger partial charge in [-0.05, 0) is 55.0 Å². The van der Waals surface area contributed by atoms with Crippen molar-refractivity contribution >= 4 is 29.1 Å². The average molecular weight is 554 g/mol. The molecule has 1 saturated heterocycles. The van der Waals surface area contributed by atoms with Crippen LogP contribution in [0.3, 0.4) is 0 Å². The molecule has 3 aromatic carbocycles. The largest absolute Gasteiger partial charge is 0.366 e. The second kappa shape index (κ2) is 13.5. The van der Waals surface area contributed by atoms with Gasteiger partial charge in [-0.15, -0.1) is 0 Å². The van der Waals surface area contributed by atoms with Crippen molar-refractivity contribution in [2.45, 2.75) is 50.6 Å². The highest BCUT2D eigenvalue weighted by Crippen LogP contribution is 2.29. The average Bonchev–Trinajstić information content (AvgIpc) is 2.99. The third kappa shape index (κ3) is 7.73. The molecule has 0 unspecified atom stereocenters. The van der Waals surface area contributed by atoms with Crippen molar-refractivity contribution in [1.82, 2.24) is 10.2 Å². The molecule has 5 rings (SSSR count). The van der Waals surface area contributed by atoms with E-state index in [9.17, 15) is 14.4 Å². The van der Waals surface area contributed by atoms with Gasteiger partial charge in [-0.2, -0.15) is 0 Å². The summed E-state index contributed by atoms with van der Waals surface area (Å²) in [6, 6.07) is 25.2. The van der Waals surface area contributed by atoms with Gasteiger partial charge in [0.15, 0.2) is 0 Å². The smallest absolute Gasteiger partial charge is 0.251 e. The lowest BCUT2D eigenvalue weighted by atomic mass is 9.91. The van der Waals surface area contributed by atoms with E-state index >= 15 is 0 Å². The van der Waals surface area contributed by atoms with Crippen LogP contribution in [0, 0.1) is 0 Å². The summed E-state index contributed by atoms with van der Waals surface area (Å²) < 4.78 is 0. The molecular weight excluding hydrogens is 514 g/mol. The van der Waals surface area contributed by atoms with Crippen molar-refractivity contribution < 1.29 is 14.4 Å². The molecule has 2 aliphatic rings. The molecule has 1 heterocycles. The quantitative estimate of drug-likeness (QED) is 0.394. The molecule has 0 atom stereocenters. The Morgan fingerprint density at radius 2 is 1.37 bits per heavy atom. The van der Waals surface area contributed by atoms with E-state index in [1.54, 1.807) is 6.07 Å². The summed E-state index contributed by atoms with van der Waals surface area (Å²) >= 11 is 0. The van der Waals surface area contributed by atoms with Crippen LogP contribution >= 0.6 is 0 Å². The first-order chi connectivity index (χ1) is 19.9. The second-order valence-corrected chi connectivity index (χ2v) is 11.1. The lowest BCUT2D eigenvalue weighted by molar-refractivity contribution is -0.130. The van der Waals surface area contributed by atoms with Gasteiger partial charge in [0.05, 0.1) is 24.2 Å². The summed E-state index contributed by atoms with van der Waals surface area (Å²) in [7, 11) is 0. The summed E-state index contributed by atoms with van der Waals surface area (Å²) in [4.78, 5) is 43.2. The summed E-state index contributed by atoms with van der Waals surface area (Å²) in [6.45, 7) is 2.45. The molecule has 1 aliphatic carbocycles. The van der Waals surface area contributed by atoms with E-state index in [0.717, 1.165) is 42.5 Å². The Labute approximate surface area is 241 Å². The molecule has 4 N–H and O–H groups in total. The molecule has 41 heavy (non-hydrogen) atoms. The summed E-state index contributed by atoms with van der Waals surface area (Å²) in [5.41, 5.74) is 9.92. The van der Waals surface area contributed by atoms with Crippen molar-refractivity contribution in [2.24, 2.45) is 5.73 Å². The molecule has 1 saturated carbocycles. The molecule has 3 amide bonds. The maximum atomic E-state index is 13.2. The van der Waals surface area contributed by atoms with Crippen LogP contribution in [0.1, 0.15) is 47.2 Å². The van der Waals surface area contributed by atoms with Crippen LogP contribution in [0.4, 0.5) is 11.4 Å². The Kier molecular flexibility index (Phi) is 9.31. The van der Waals surface area contributed by atoms with Gasteiger partial charge in [0.25, 0.3) is 5.91 Å². The molecule has 0 radical (unpaired) electrons. The van der Waals surface area contributed by atoms with Crippen molar-refractivity contribution in [3.8, 4) is 0 Å². The SMILES string of the molecule is NC1CCC(NC(=O)c2ccc(N3CCN(C(=O)Cc4ccccc4)CC3)c(NC(=O)Cc3ccccc3)c2)CC1. The minimum atomic E-state index is -0.146. The van der Waals surface area contributed by atoms with E-state index in [0.29, 0.717) is 43.9 Å². The fraction of sp³-hybridized carbons (Fsp3) is 0.364. The number of hydrogen-bond donors (Lipinski definition) is 3. The number of carbonyl (C=O) groups is 3. The van der Waals surface area contributed by atoms with Crippen LogP contribution in [0.5, 0.6) is 0 Å². The summed E-state index contributed by atoms with van der Waals surface area (Å²) in [5, 5.41) is 6.22. The zero-order valence-electron chi connectivity index (χ0n) is 23.4. The Hall–Kier alpha value is -4.17. The Balaban J connectivity index is 1.28. The van der Waals surface area contributed by atoms with Gasteiger partial charge in [-0.3, -0.25) is 14.4 Å². The fourth-order valence-corrected chi connectivity index (χ4v) is 5.64. The molecular formula is C33H39N5O3. The van der Waals surface area contributed by atoms with Crippen molar-refractivity contribution in [1.29, 1.82) is 0 Å². The van der Waals surface area contributed by atoms with Crippen LogP contribution < -0.4 is 21.3 Å². The number of rotatable bonds is 8. The fourth-order valence-electron chi connectivity index (χ4n) is 5.64. The zero-order chi connectivity index (χ0) is 28.6. The van der Waals surface area contributed by atoms with Crippen LogP contribution in [0.2, 0.25) is 0 Å². The van der Waals surface area contributed by atoms with Crippen LogP contribution in [-0.2, 0) is 22.4 Å². The number of carbonyl (C=O) groups excluding carboxylic acids is 3. The van der Waals surface area contributed by atoms with Crippen molar-refractivity contribution in [3.05, 3.63) is 95.6 Å². The van der Waals surface area contributed by atoms with E-state index < -0.39 is 0 Å². The molecule has 8 heteroatoms. The highest BCUT2D eigenvalue weighted by molar-refractivity contribution is 6.00. The number of amides is 3. The van der Waals surface area contributed by atoms with Crippen molar-refractivity contribution in [3.63, 3.8) is 0 Å². The first-order valence-corrected chi connectivity index (χ1v) is 14.6.